The van der Waals surface area contributed by atoms with Crippen LogP contribution >= 0.6 is 15.9 Å². The molecule has 1 aliphatic carbocycles. The lowest BCUT2D eigenvalue weighted by Gasteiger charge is -2.42. The SMILES string of the molecule is COc1c(C)c(Br)cc(C2(CN)CCC2)c1O. The molecule has 0 aliphatic heterocycles. The molecule has 0 atom stereocenters. The minimum atomic E-state index is -0.0619. The molecule has 0 heterocycles. The lowest BCUT2D eigenvalue weighted by Crippen LogP contribution is -2.41. The van der Waals surface area contributed by atoms with E-state index in [1.54, 1.807) is 7.11 Å². The van der Waals surface area contributed by atoms with E-state index >= 15 is 0 Å². The molecule has 0 amide bonds. The first-order valence-corrected chi connectivity index (χ1v) is 6.61. The summed E-state index contributed by atoms with van der Waals surface area (Å²) in [6, 6.07) is 1.99. The van der Waals surface area contributed by atoms with Gasteiger partial charge in [0.15, 0.2) is 11.5 Å². The second kappa shape index (κ2) is 4.50. The minimum absolute atomic E-state index is 0.0619. The zero-order valence-corrected chi connectivity index (χ0v) is 11.8. The van der Waals surface area contributed by atoms with E-state index < -0.39 is 0 Å². The van der Waals surface area contributed by atoms with E-state index in [-0.39, 0.29) is 11.2 Å². The van der Waals surface area contributed by atoms with Crippen LogP contribution < -0.4 is 10.5 Å². The second-order valence-corrected chi connectivity index (χ2v) is 5.61. The Kier molecular flexibility index (Phi) is 3.36. The third-order valence-electron chi connectivity index (χ3n) is 3.92. The standard InChI is InChI=1S/C13H18BrNO2/c1-8-10(14)6-9(11(16)12(8)17-2)13(7-15)4-3-5-13/h6,16H,3-5,7,15H2,1-2H3. The van der Waals surface area contributed by atoms with Gasteiger partial charge in [-0.05, 0) is 25.8 Å². The minimum Gasteiger partial charge on any atom is -0.504 e. The third kappa shape index (κ3) is 1.83. The average Bonchev–Trinajstić information content (AvgIpc) is 2.25. The lowest BCUT2D eigenvalue weighted by atomic mass is 9.64. The first-order valence-electron chi connectivity index (χ1n) is 5.82. The first-order chi connectivity index (χ1) is 8.05. The van der Waals surface area contributed by atoms with Gasteiger partial charge in [-0.15, -0.1) is 0 Å². The predicted molar refractivity (Wildman–Crippen MR) is 71.7 cm³/mol. The molecule has 0 unspecified atom stereocenters. The Morgan fingerprint density at radius 1 is 1.53 bits per heavy atom. The maximum atomic E-state index is 10.3. The van der Waals surface area contributed by atoms with Crippen molar-refractivity contribution in [2.75, 3.05) is 13.7 Å². The van der Waals surface area contributed by atoms with Crippen molar-refractivity contribution in [2.24, 2.45) is 5.73 Å². The number of methoxy groups -OCH3 is 1. The molecule has 0 saturated heterocycles. The summed E-state index contributed by atoms with van der Waals surface area (Å²) in [6.45, 7) is 2.49. The monoisotopic (exact) mass is 299 g/mol. The molecule has 1 saturated carbocycles. The highest BCUT2D eigenvalue weighted by Gasteiger charge is 2.40. The van der Waals surface area contributed by atoms with Gasteiger partial charge in [0.1, 0.15) is 0 Å². The number of hydrogen-bond acceptors (Lipinski definition) is 3. The average molecular weight is 300 g/mol. The van der Waals surface area contributed by atoms with Crippen LogP contribution in [0.15, 0.2) is 10.5 Å². The fourth-order valence-corrected chi connectivity index (χ4v) is 2.96. The van der Waals surface area contributed by atoms with Crippen molar-refractivity contribution in [3.8, 4) is 11.5 Å². The van der Waals surface area contributed by atoms with E-state index in [4.69, 9.17) is 10.5 Å². The Bertz CT molecular complexity index is 436. The molecule has 0 spiro atoms. The molecule has 0 aromatic heterocycles. The third-order valence-corrected chi connectivity index (χ3v) is 4.74. The van der Waals surface area contributed by atoms with Crippen molar-refractivity contribution < 1.29 is 9.84 Å². The van der Waals surface area contributed by atoms with E-state index in [9.17, 15) is 5.11 Å². The van der Waals surface area contributed by atoms with Crippen LogP contribution in [0.5, 0.6) is 11.5 Å². The molecule has 17 heavy (non-hydrogen) atoms. The number of halogens is 1. The van der Waals surface area contributed by atoms with E-state index in [0.29, 0.717) is 12.3 Å². The molecule has 1 fully saturated rings. The summed E-state index contributed by atoms with van der Waals surface area (Å²) in [5.74, 6) is 0.799. The molecule has 4 heteroatoms. The van der Waals surface area contributed by atoms with Crippen molar-refractivity contribution in [2.45, 2.75) is 31.6 Å². The Morgan fingerprint density at radius 3 is 2.59 bits per heavy atom. The largest absolute Gasteiger partial charge is 0.504 e. The molecule has 3 nitrogen and oxygen atoms in total. The fraction of sp³-hybridized carbons (Fsp3) is 0.538. The lowest BCUT2D eigenvalue weighted by molar-refractivity contribution is 0.242. The van der Waals surface area contributed by atoms with Gasteiger partial charge in [0, 0.05) is 27.6 Å². The molecule has 94 valence electrons. The Balaban J connectivity index is 2.58. The number of ether oxygens (including phenoxy) is 1. The highest BCUT2D eigenvalue weighted by Crippen LogP contribution is 2.50. The maximum Gasteiger partial charge on any atom is 0.164 e. The summed E-state index contributed by atoms with van der Waals surface area (Å²) < 4.78 is 6.24. The number of benzene rings is 1. The van der Waals surface area contributed by atoms with Gasteiger partial charge < -0.3 is 15.6 Å². The Hall–Kier alpha value is -0.740. The van der Waals surface area contributed by atoms with Crippen LogP contribution in [0.2, 0.25) is 0 Å². The maximum absolute atomic E-state index is 10.3. The topological polar surface area (TPSA) is 55.5 Å². The summed E-state index contributed by atoms with van der Waals surface area (Å²) in [7, 11) is 1.58. The van der Waals surface area contributed by atoms with Gasteiger partial charge in [0.25, 0.3) is 0 Å². The smallest absolute Gasteiger partial charge is 0.164 e. The second-order valence-electron chi connectivity index (χ2n) is 4.75. The van der Waals surface area contributed by atoms with Crippen LogP contribution in [0.4, 0.5) is 0 Å². The van der Waals surface area contributed by atoms with E-state index in [0.717, 1.165) is 28.4 Å². The number of phenols is 1. The summed E-state index contributed by atoms with van der Waals surface area (Å²) in [6.07, 6.45) is 3.25. The van der Waals surface area contributed by atoms with Gasteiger partial charge in [0.05, 0.1) is 7.11 Å². The Labute approximate surface area is 110 Å². The molecule has 1 aromatic rings. The normalized spacial score (nSPS) is 17.6. The number of nitrogens with two attached hydrogens (primary N) is 1. The summed E-state index contributed by atoms with van der Waals surface area (Å²) in [5.41, 5.74) is 7.65. The van der Waals surface area contributed by atoms with Gasteiger partial charge in [-0.3, -0.25) is 0 Å². The van der Waals surface area contributed by atoms with Crippen LogP contribution in [0.25, 0.3) is 0 Å². The number of hydrogen-bond donors (Lipinski definition) is 2. The molecule has 0 radical (unpaired) electrons. The predicted octanol–water partition coefficient (Wildman–Crippen LogP) is 2.85. The van der Waals surface area contributed by atoms with Gasteiger partial charge in [-0.2, -0.15) is 0 Å². The van der Waals surface area contributed by atoms with E-state index in [1.165, 1.54) is 6.42 Å². The van der Waals surface area contributed by atoms with E-state index in [2.05, 4.69) is 15.9 Å². The van der Waals surface area contributed by atoms with Crippen molar-refractivity contribution in [1.29, 1.82) is 0 Å². The number of phenolic OH excluding ortho intramolecular Hbond substituents is 1. The van der Waals surface area contributed by atoms with Crippen molar-refractivity contribution in [1.82, 2.24) is 0 Å². The van der Waals surface area contributed by atoms with Crippen molar-refractivity contribution in [3.05, 3.63) is 21.7 Å². The van der Waals surface area contributed by atoms with Crippen LogP contribution in [0, 0.1) is 6.92 Å². The van der Waals surface area contributed by atoms with E-state index in [1.807, 2.05) is 13.0 Å². The number of aromatic hydroxyl groups is 1. The highest BCUT2D eigenvalue weighted by molar-refractivity contribution is 9.10. The van der Waals surface area contributed by atoms with Gasteiger partial charge in [0.2, 0.25) is 0 Å². The van der Waals surface area contributed by atoms with Gasteiger partial charge >= 0.3 is 0 Å². The van der Waals surface area contributed by atoms with Gasteiger partial charge in [-0.1, -0.05) is 22.4 Å². The zero-order valence-electron chi connectivity index (χ0n) is 10.2. The first kappa shape index (κ1) is 12.7. The van der Waals surface area contributed by atoms with Crippen LogP contribution in [-0.4, -0.2) is 18.8 Å². The summed E-state index contributed by atoms with van der Waals surface area (Å²) in [4.78, 5) is 0. The summed E-state index contributed by atoms with van der Waals surface area (Å²) in [5, 5.41) is 10.3. The molecular formula is C13H18BrNO2. The fourth-order valence-electron chi connectivity index (χ4n) is 2.55. The molecule has 2 rings (SSSR count). The van der Waals surface area contributed by atoms with Crippen LogP contribution in [0.1, 0.15) is 30.4 Å². The molecule has 1 aliphatic rings. The highest BCUT2D eigenvalue weighted by atomic mass is 79.9. The van der Waals surface area contributed by atoms with Crippen molar-refractivity contribution in [3.63, 3.8) is 0 Å². The summed E-state index contributed by atoms with van der Waals surface area (Å²) >= 11 is 3.51. The Morgan fingerprint density at radius 2 is 2.18 bits per heavy atom. The van der Waals surface area contributed by atoms with Crippen LogP contribution in [0.3, 0.4) is 0 Å². The molecule has 1 aromatic carbocycles. The van der Waals surface area contributed by atoms with Gasteiger partial charge in [-0.25, -0.2) is 0 Å². The molecule has 0 bridgehead atoms. The van der Waals surface area contributed by atoms with Crippen molar-refractivity contribution >= 4 is 15.9 Å². The zero-order chi connectivity index (χ0) is 12.6. The quantitative estimate of drug-likeness (QED) is 0.902. The number of rotatable bonds is 3. The molecule has 3 N–H and O–H groups in total. The van der Waals surface area contributed by atoms with Crippen LogP contribution in [-0.2, 0) is 5.41 Å². The molecular weight excluding hydrogens is 282 g/mol.